The van der Waals surface area contributed by atoms with E-state index in [4.69, 9.17) is 0 Å². The summed E-state index contributed by atoms with van der Waals surface area (Å²) in [4.78, 5) is 2.39. The van der Waals surface area contributed by atoms with Crippen molar-refractivity contribution in [2.45, 2.75) is 0 Å². The maximum Gasteiger partial charge on any atom is 0.204 e. The van der Waals surface area contributed by atoms with Crippen LogP contribution in [0.2, 0.25) is 0 Å². The van der Waals surface area contributed by atoms with Crippen LogP contribution in [0.25, 0.3) is 0 Å². The fourth-order valence-corrected chi connectivity index (χ4v) is 0.666. The van der Waals surface area contributed by atoms with E-state index < -0.39 is 0 Å². The quantitative estimate of drug-likeness (QED) is 0.629. The van der Waals surface area contributed by atoms with Crippen LogP contribution in [0.4, 0.5) is 4.39 Å². The van der Waals surface area contributed by atoms with E-state index in [0.717, 1.165) is 0 Å². The van der Waals surface area contributed by atoms with Gasteiger partial charge in [-0.25, -0.2) is 0 Å². The number of rotatable bonds is 0. The molecule has 1 aromatic rings. The van der Waals surface area contributed by atoms with E-state index >= 15 is 0 Å². The second-order valence-corrected chi connectivity index (χ2v) is 2.30. The Hall–Kier alpha value is -0.0600. The van der Waals surface area contributed by atoms with Crippen LogP contribution in [0.15, 0.2) is 12.3 Å². The van der Waals surface area contributed by atoms with Crippen LogP contribution >= 0.6 is 22.6 Å². The molecule has 38 valence electrons. The normalized spacial score (nSPS) is 9.43. The molecule has 0 saturated heterocycles. The highest BCUT2D eigenvalue weighted by Crippen LogP contribution is 2.05. The van der Waals surface area contributed by atoms with E-state index in [1.165, 1.54) is 0 Å². The number of aromatic amines is 1. The zero-order chi connectivity index (χ0) is 5.28. The highest BCUT2D eigenvalue weighted by Gasteiger charge is 1.92. The van der Waals surface area contributed by atoms with Crippen LogP contribution in [-0.4, -0.2) is 4.98 Å². The van der Waals surface area contributed by atoms with Gasteiger partial charge >= 0.3 is 0 Å². The maximum absolute atomic E-state index is 12.0. The van der Waals surface area contributed by atoms with Gasteiger partial charge in [0.1, 0.15) is 0 Å². The smallest absolute Gasteiger partial charge is 0.204 e. The lowest BCUT2D eigenvalue weighted by Gasteiger charge is -1.74. The van der Waals surface area contributed by atoms with Crippen LogP contribution in [0.5, 0.6) is 0 Å². The van der Waals surface area contributed by atoms with Crippen LogP contribution in [0, 0.1) is 9.52 Å². The average molecular weight is 211 g/mol. The predicted molar refractivity (Wildman–Crippen MR) is 33.5 cm³/mol. The van der Waals surface area contributed by atoms with Crippen molar-refractivity contribution < 1.29 is 4.39 Å². The third-order valence-corrected chi connectivity index (χ3v) is 1.48. The van der Waals surface area contributed by atoms with Gasteiger partial charge in [0.2, 0.25) is 5.95 Å². The third-order valence-electron chi connectivity index (χ3n) is 0.649. The minimum atomic E-state index is -0.249. The summed E-state index contributed by atoms with van der Waals surface area (Å²) in [5.41, 5.74) is 0. The van der Waals surface area contributed by atoms with Crippen molar-refractivity contribution >= 4 is 22.6 Å². The van der Waals surface area contributed by atoms with Gasteiger partial charge in [0, 0.05) is 6.20 Å². The van der Waals surface area contributed by atoms with E-state index in [1.807, 2.05) is 22.6 Å². The second kappa shape index (κ2) is 1.81. The van der Waals surface area contributed by atoms with Gasteiger partial charge in [0.25, 0.3) is 0 Å². The number of halogens is 2. The number of hydrogen-bond acceptors (Lipinski definition) is 0. The largest absolute Gasteiger partial charge is 0.338 e. The minimum Gasteiger partial charge on any atom is -0.338 e. The lowest BCUT2D eigenvalue weighted by molar-refractivity contribution is 0.585. The lowest BCUT2D eigenvalue weighted by atomic mass is 10.7. The minimum absolute atomic E-state index is 0.249. The van der Waals surface area contributed by atoms with Gasteiger partial charge in [0.05, 0.1) is 3.57 Å². The third kappa shape index (κ3) is 0.933. The summed E-state index contributed by atoms with van der Waals surface area (Å²) in [6, 6.07) is 1.68. The summed E-state index contributed by atoms with van der Waals surface area (Å²) in [5, 5.41) is 0. The molecule has 0 fully saturated rings. The van der Waals surface area contributed by atoms with Gasteiger partial charge in [0.15, 0.2) is 0 Å². The Morgan fingerprint density at radius 2 is 2.43 bits per heavy atom. The molecule has 1 nitrogen and oxygen atoms in total. The fraction of sp³-hybridized carbons (Fsp3) is 0. The Kier molecular flexibility index (Phi) is 1.32. The van der Waals surface area contributed by atoms with Crippen molar-refractivity contribution in [3.63, 3.8) is 0 Å². The molecule has 1 rings (SSSR count). The number of nitrogens with one attached hydrogen (secondary N) is 1. The molecule has 0 aromatic carbocycles. The van der Waals surface area contributed by atoms with Crippen molar-refractivity contribution in [1.82, 2.24) is 4.98 Å². The van der Waals surface area contributed by atoms with Crippen LogP contribution in [-0.2, 0) is 0 Å². The van der Waals surface area contributed by atoms with E-state index in [9.17, 15) is 4.39 Å². The number of H-pyrrole nitrogens is 1. The maximum atomic E-state index is 12.0. The molecule has 1 N–H and O–H groups in total. The number of hydrogen-bond donors (Lipinski definition) is 1. The molecule has 0 aliphatic heterocycles. The Morgan fingerprint density at radius 1 is 1.71 bits per heavy atom. The molecule has 1 aromatic heterocycles. The van der Waals surface area contributed by atoms with Gasteiger partial charge < -0.3 is 4.98 Å². The number of aromatic nitrogens is 1. The molecule has 1 heterocycles. The van der Waals surface area contributed by atoms with E-state index in [2.05, 4.69) is 4.98 Å². The average Bonchev–Trinajstić information content (AvgIpc) is 1.91. The molecule has 7 heavy (non-hydrogen) atoms. The summed E-state index contributed by atoms with van der Waals surface area (Å²) in [6.45, 7) is 0. The fourth-order valence-electron chi connectivity index (χ4n) is 0.330. The lowest BCUT2D eigenvalue weighted by Crippen LogP contribution is -1.70. The van der Waals surface area contributed by atoms with Gasteiger partial charge in [-0.3, -0.25) is 0 Å². The molecule has 0 atom stereocenters. The van der Waals surface area contributed by atoms with Gasteiger partial charge in [-0.1, -0.05) is 0 Å². The Balaban J connectivity index is 3.12. The molecule has 0 amide bonds. The molecule has 0 radical (unpaired) electrons. The van der Waals surface area contributed by atoms with E-state index in [1.54, 1.807) is 12.3 Å². The first-order valence-corrected chi connectivity index (χ1v) is 2.87. The summed E-state index contributed by atoms with van der Waals surface area (Å²) in [6.07, 6.45) is 1.57. The van der Waals surface area contributed by atoms with Crippen molar-refractivity contribution in [3.05, 3.63) is 21.8 Å². The van der Waals surface area contributed by atoms with E-state index in [-0.39, 0.29) is 5.95 Å². The van der Waals surface area contributed by atoms with Crippen molar-refractivity contribution in [1.29, 1.82) is 0 Å². The summed E-state index contributed by atoms with van der Waals surface area (Å²) >= 11 is 1.91. The van der Waals surface area contributed by atoms with Gasteiger partial charge in [-0.2, -0.15) is 4.39 Å². The molecule has 0 unspecified atom stereocenters. The molecule has 3 heteroatoms. The van der Waals surface area contributed by atoms with Crippen molar-refractivity contribution in [2.24, 2.45) is 0 Å². The standard InChI is InChI=1S/C4H3FIN/c5-4-3(6)1-2-7-4/h1-2,7H. The highest BCUT2D eigenvalue weighted by atomic mass is 127. The predicted octanol–water partition coefficient (Wildman–Crippen LogP) is 1.76. The van der Waals surface area contributed by atoms with Crippen molar-refractivity contribution in [2.75, 3.05) is 0 Å². The van der Waals surface area contributed by atoms with Crippen LogP contribution in [0.1, 0.15) is 0 Å². The molecule has 0 spiro atoms. The molecular formula is C4H3FIN. The molecule has 0 aliphatic rings. The molecule has 0 bridgehead atoms. The zero-order valence-electron chi connectivity index (χ0n) is 3.41. The molecular weight excluding hydrogens is 208 g/mol. The first kappa shape index (κ1) is 5.08. The first-order chi connectivity index (χ1) is 3.30. The van der Waals surface area contributed by atoms with Crippen molar-refractivity contribution in [3.8, 4) is 0 Å². The SMILES string of the molecule is Fc1[nH]ccc1I. The molecule has 0 aliphatic carbocycles. The highest BCUT2D eigenvalue weighted by molar-refractivity contribution is 14.1. The van der Waals surface area contributed by atoms with Crippen LogP contribution < -0.4 is 0 Å². The van der Waals surface area contributed by atoms with Crippen LogP contribution in [0.3, 0.4) is 0 Å². The summed E-state index contributed by atoms with van der Waals surface area (Å²) < 4.78 is 12.7. The Labute approximate surface area is 54.1 Å². The van der Waals surface area contributed by atoms with Gasteiger partial charge in [-0.15, -0.1) is 0 Å². The molecule has 0 saturated carbocycles. The topological polar surface area (TPSA) is 15.8 Å². The summed E-state index contributed by atoms with van der Waals surface area (Å²) in [7, 11) is 0. The van der Waals surface area contributed by atoms with Gasteiger partial charge in [-0.05, 0) is 28.7 Å². The second-order valence-electron chi connectivity index (χ2n) is 1.14. The zero-order valence-corrected chi connectivity index (χ0v) is 5.57. The summed E-state index contributed by atoms with van der Waals surface area (Å²) in [5.74, 6) is -0.249. The monoisotopic (exact) mass is 211 g/mol. The first-order valence-electron chi connectivity index (χ1n) is 1.79. The Bertz CT molecular complexity index is 144. The Morgan fingerprint density at radius 3 is 2.57 bits per heavy atom. The van der Waals surface area contributed by atoms with E-state index in [0.29, 0.717) is 3.57 Å².